The summed E-state index contributed by atoms with van der Waals surface area (Å²) in [6.45, 7) is 0. The molecule has 4 rings (SSSR count). The number of nitrogens with one attached hydrogen (secondary N) is 1. The van der Waals surface area contributed by atoms with Gasteiger partial charge in [0.15, 0.2) is 5.75 Å². The summed E-state index contributed by atoms with van der Waals surface area (Å²) in [6, 6.07) is 21.1. The van der Waals surface area contributed by atoms with Crippen LogP contribution in [0.4, 0.5) is 17.1 Å². The SMILES string of the molecule is COc1ccc(OC)c(NC(=O)c2cc3ccccc3c(N=Nc3ccccc3OC)c2O)c1. The number of rotatable bonds is 7. The molecule has 1 amide bonds. The number of azo groups is 1. The first-order chi connectivity index (χ1) is 16.5. The topological polar surface area (TPSA) is 102 Å². The summed E-state index contributed by atoms with van der Waals surface area (Å²) in [5.41, 5.74) is 1.10. The molecule has 172 valence electrons. The van der Waals surface area contributed by atoms with Crippen LogP contribution in [0.15, 0.2) is 83.0 Å². The van der Waals surface area contributed by atoms with Crippen LogP contribution in [0.3, 0.4) is 0 Å². The van der Waals surface area contributed by atoms with Crippen molar-refractivity contribution in [2.45, 2.75) is 0 Å². The predicted octanol–water partition coefficient (Wildman–Crippen LogP) is 6.24. The van der Waals surface area contributed by atoms with E-state index in [1.165, 1.54) is 14.2 Å². The molecule has 0 fully saturated rings. The Hall–Kier alpha value is -4.59. The number of para-hydroxylation sites is 1. The Morgan fingerprint density at radius 2 is 1.56 bits per heavy atom. The number of phenolic OH excluding ortho intramolecular Hbond substituents is 1. The van der Waals surface area contributed by atoms with Gasteiger partial charge in [0.05, 0.1) is 32.6 Å². The van der Waals surface area contributed by atoms with Crippen LogP contribution in [0.5, 0.6) is 23.0 Å². The lowest BCUT2D eigenvalue weighted by Gasteiger charge is -2.14. The lowest BCUT2D eigenvalue weighted by Crippen LogP contribution is -2.13. The molecule has 0 spiro atoms. The largest absolute Gasteiger partial charge is 0.505 e. The summed E-state index contributed by atoms with van der Waals surface area (Å²) in [5, 5.41) is 23.8. The lowest BCUT2D eigenvalue weighted by atomic mass is 10.0. The van der Waals surface area contributed by atoms with Gasteiger partial charge in [-0.05, 0) is 35.7 Å². The summed E-state index contributed by atoms with van der Waals surface area (Å²) >= 11 is 0. The zero-order chi connectivity index (χ0) is 24.1. The maximum Gasteiger partial charge on any atom is 0.259 e. The van der Waals surface area contributed by atoms with Crippen LogP contribution >= 0.6 is 0 Å². The number of carbonyl (C=O) groups is 1. The molecule has 8 heteroatoms. The molecule has 4 aromatic carbocycles. The number of amides is 1. The second kappa shape index (κ2) is 9.91. The summed E-state index contributed by atoms with van der Waals surface area (Å²) in [6.07, 6.45) is 0. The number of hydrogen-bond acceptors (Lipinski definition) is 7. The summed E-state index contributed by atoms with van der Waals surface area (Å²) in [5.74, 6) is 0.699. The van der Waals surface area contributed by atoms with Crippen LogP contribution in [-0.2, 0) is 0 Å². The van der Waals surface area contributed by atoms with E-state index in [-0.39, 0.29) is 17.0 Å². The van der Waals surface area contributed by atoms with Crippen LogP contribution in [-0.4, -0.2) is 32.3 Å². The van der Waals surface area contributed by atoms with E-state index in [9.17, 15) is 9.90 Å². The van der Waals surface area contributed by atoms with Gasteiger partial charge in [0, 0.05) is 11.5 Å². The number of phenols is 1. The molecule has 0 radical (unpaired) electrons. The monoisotopic (exact) mass is 457 g/mol. The third-order valence-electron chi connectivity index (χ3n) is 5.24. The third-order valence-corrected chi connectivity index (χ3v) is 5.24. The molecule has 2 N–H and O–H groups in total. The first-order valence-corrected chi connectivity index (χ1v) is 10.4. The van der Waals surface area contributed by atoms with Crippen molar-refractivity contribution in [3.05, 3.63) is 78.4 Å². The van der Waals surface area contributed by atoms with Crippen molar-refractivity contribution in [2.75, 3.05) is 26.6 Å². The lowest BCUT2D eigenvalue weighted by molar-refractivity contribution is 0.102. The number of carbonyl (C=O) groups excluding carboxylic acids is 1. The Morgan fingerprint density at radius 3 is 2.32 bits per heavy atom. The van der Waals surface area contributed by atoms with Gasteiger partial charge >= 0.3 is 0 Å². The Labute approximate surface area is 196 Å². The van der Waals surface area contributed by atoms with Crippen LogP contribution in [0, 0.1) is 0 Å². The normalized spacial score (nSPS) is 10.9. The molecule has 8 nitrogen and oxygen atoms in total. The van der Waals surface area contributed by atoms with Gasteiger partial charge < -0.3 is 24.6 Å². The second-order valence-corrected chi connectivity index (χ2v) is 7.23. The van der Waals surface area contributed by atoms with E-state index in [4.69, 9.17) is 14.2 Å². The summed E-state index contributed by atoms with van der Waals surface area (Å²) < 4.78 is 15.9. The molecular weight excluding hydrogens is 434 g/mol. The second-order valence-electron chi connectivity index (χ2n) is 7.23. The fourth-order valence-electron chi connectivity index (χ4n) is 3.51. The molecule has 34 heavy (non-hydrogen) atoms. The minimum absolute atomic E-state index is 0.0394. The molecule has 0 aromatic heterocycles. The van der Waals surface area contributed by atoms with Crippen molar-refractivity contribution < 1.29 is 24.1 Å². The zero-order valence-corrected chi connectivity index (χ0v) is 18.9. The highest BCUT2D eigenvalue weighted by Crippen LogP contribution is 2.41. The molecule has 0 saturated carbocycles. The molecule has 0 aliphatic carbocycles. The van der Waals surface area contributed by atoms with E-state index in [1.54, 1.807) is 55.6 Å². The van der Waals surface area contributed by atoms with Gasteiger partial charge in [0.2, 0.25) is 0 Å². The van der Waals surface area contributed by atoms with E-state index in [0.717, 1.165) is 5.39 Å². The van der Waals surface area contributed by atoms with Gasteiger partial charge in [-0.1, -0.05) is 36.4 Å². The smallest absolute Gasteiger partial charge is 0.259 e. The van der Waals surface area contributed by atoms with Gasteiger partial charge in [-0.25, -0.2) is 0 Å². The number of aromatic hydroxyl groups is 1. The Kier molecular flexibility index (Phi) is 6.59. The standard InChI is InChI=1S/C26H23N3O5/c1-32-17-12-13-23(34-3)21(15-17)27-26(31)19-14-16-8-4-5-9-18(16)24(25(19)30)29-28-20-10-6-7-11-22(20)33-2/h4-15,30H,1-3H3,(H,27,31). The van der Waals surface area contributed by atoms with Crippen LogP contribution < -0.4 is 19.5 Å². The van der Waals surface area contributed by atoms with E-state index in [0.29, 0.717) is 34.0 Å². The summed E-state index contributed by atoms with van der Waals surface area (Å²) in [7, 11) is 4.57. The van der Waals surface area contributed by atoms with Crippen molar-refractivity contribution in [2.24, 2.45) is 10.2 Å². The molecule has 0 aliphatic heterocycles. The van der Waals surface area contributed by atoms with Gasteiger partial charge in [-0.2, -0.15) is 0 Å². The summed E-state index contributed by atoms with van der Waals surface area (Å²) in [4.78, 5) is 13.2. The van der Waals surface area contributed by atoms with Crippen molar-refractivity contribution >= 4 is 33.7 Å². The molecule has 0 aliphatic rings. The number of nitrogens with zero attached hydrogens (tertiary/aromatic N) is 2. The highest BCUT2D eigenvalue weighted by molar-refractivity contribution is 6.12. The highest BCUT2D eigenvalue weighted by atomic mass is 16.5. The fraction of sp³-hybridized carbons (Fsp3) is 0.115. The fourth-order valence-corrected chi connectivity index (χ4v) is 3.51. The van der Waals surface area contributed by atoms with Crippen molar-refractivity contribution in [3.8, 4) is 23.0 Å². The molecular formula is C26H23N3O5. The minimum Gasteiger partial charge on any atom is -0.505 e. The van der Waals surface area contributed by atoms with Crippen LogP contribution in [0.1, 0.15) is 10.4 Å². The maximum absolute atomic E-state index is 13.2. The van der Waals surface area contributed by atoms with Gasteiger partial charge in [0.1, 0.15) is 28.6 Å². The first kappa shape index (κ1) is 22.6. The molecule has 0 unspecified atom stereocenters. The molecule has 4 aromatic rings. The molecule has 0 atom stereocenters. The number of methoxy groups -OCH3 is 3. The Morgan fingerprint density at radius 1 is 0.824 bits per heavy atom. The first-order valence-electron chi connectivity index (χ1n) is 10.4. The predicted molar refractivity (Wildman–Crippen MR) is 130 cm³/mol. The molecule has 0 saturated heterocycles. The van der Waals surface area contributed by atoms with Crippen molar-refractivity contribution in [3.63, 3.8) is 0 Å². The van der Waals surface area contributed by atoms with Gasteiger partial charge in [0.25, 0.3) is 5.91 Å². The van der Waals surface area contributed by atoms with Gasteiger partial charge in [-0.3, -0.25) is 4.79 Å². The minimum atomic E-state index is -0.538. The number of benzene rings is 4. The maximum atomic E-state index is 13.2. The van der Waals surface area contributed by atoms with Crippen molar-refractivity contribution in [1.82, 2.24) is 0 Å². The van der Waals surface area contributed by atoms with E-state index in [1.807, 2.05) is 24.3 Å². The number of ether oxygens (including phenoxy) is 3. The van der Waals surface area contributed by atoms with E-state index >= 15 is 0 Å². The highest BCUT2D eigenvalue weighted by Gasteiger charge is 2.20. The van der Waals surface area contributed by atoms with E-state index in [2.05, 4.69) is 15.5 Å². The molecule has 0 bridgehead atoms. The molecule has 0 heterocycles. The average molecular weight is 457 g/mol. The van der Waals surface area contributed by atoms with Crippen LogP contribution in [0.25, 0.3) is 10.8 Å². The van der Waals surface area contributed by atoms with Gasteiger partial charge in [-0.15, -0.1) is 10.2 Å². The Bertz CT molecular complexity index is 1380. The third kappa shape index (κ3) is 4.47. The Balaban J connectivity index is 1.78. The number of anilines is 1. The van der Waals surface area contributed by atoms with Crippen LogP contribution in [0.2, 0.25) is 0 Å². The number of hydrogen-bond donors (Lipinski definition) is 2. The quantitative estimate of drug-likeness (QED) is 0.320. The average Bonchev–Trinajstić information content (AvgIpc) is 2.87. The zero-order valence-electron chi connectivity index (χ0n) is 18.9. The van der Waals surface area contributed by atoms with Crippen molar-refractivity contribution in [1.29, 1.82) is 0 Å². The number of fused-ring (bicyclic) bond motifs is 1. The van der Waals surface area contributed by atoms with E-state index < -0.39 is 5.91 Å².